The molecule has 0 radical (unpaired) electrons. The number of imidazole rings is 1. The van der Waals surface area contributed by atoms with Gasteiger partial charge in [-0.05, 0) is 19.3 Å². The number of halogens is 4. The standard InChI is InChI=1S/C21H17ClF3N7O/c22-17-16(11-4-27-31-19(11)20(18(17)25)28-9-1-8(23)2-9)13-6-32-7-14(29-15(32)5-26-13)30-21(33)10-3-12(10)24/h4-10,12,28H,1-3H2,(H,27,31)(H,30,33)/t8?,9?,10-,12+/m1/s1. The van der Waals surface area contributed by atoms with Crippen LogP contribution in [0.1, 0.15) is 19.3 Å². The van der Waals surface area contributed by atoms with Crippen molar-refractivity contribution < 1.29 is 18.0 Å². The summed E-state index contributed by atoms with van der Waals surface area (Å²) in [6.45, 7) is 0. The van der Waals surface area contributed by atoms with Crippen LogP contribution in [0, 0.1) is 11.7 Å². The number of hydrogen-bond donors (Lipinski definition) is 3. The zero-order chi connectivity index (χ0) is 22.9. The van der Waals surface area contributed by atoms with Crippen molar-refractivity contribution in [3.05, 3.63) is 35.6 Å². The Morgan fingerprint density at radius 1 is 1.21 bits per heavy atom. The number of aromatic amines is 1. The molecule has 3 N–H and O–H groups in total. The molecule has 0 unspecified atom stereocenters. The van der Waals surface area contributed by atoms with E-state index in [4.69, 9.17) is 11.6 Å². The third-order valence-electron chi connectivity index (χ3n) is 6.12. The van der Waals surface area contributed by atoms with Gasteiger partial charge in [0.2, 0.25) is 5.91 Å². The maximum Gasteiger partial charge on any atom is 0.231 e. The predicted molar refractivity (Wildman–Crippen MR) is 116 cm³/mol. The van der Waals surface area contributed by atoms with Crippen LogP contribution in [0.25, 0.3) is 27.8 Å². The van der Waals surface area contributed by atoms with Gasteiger partial charge in [-0.3, -0.25) is 14.9 Å². The lowest BCUT2D eigenvalue weighted by molar-refractivity contribution is -0.117. The van der Waals surface area contributed by atoms with Crippen molar-refractivity contribution in [1.29, 1.82) is 0 Å². The van der Waals surface area contributed by atoms with Gasteiger partial charge in [-0.2, -0.15) is 5.10 Å². The van der Waals surface area contributed by atoms with Gasteiger partial charge in [0.25, 0.3) is 0 Å². The smallest absolute Gasteiger partial charge is 0.231 e. The van der Waals surface area contributed by atoms with Crippen LogP contribution < -0.4 is 10.6 Å². The molecule has 2 fully saturated rings. The van der Waals surface area contributed by atoms with Crippen LogP contribution in [0.3, 0.4) is 0 Å². The first-order chi connectivity index (χ1) is 15.9. The predicted octanol–water partition coefficient (Wildman–Crippen LogP) is 4.27. The normalized spacial score (nSPS) is 24.1. The monoisotopic (exact) mass is 475 g/mol. The van der Waals surface area contributed by atoms with E-state index in [9.17, 15) is 13.6 Å². The van der Waals surface area contributed by atoms with Gasteiger partial charge in [0.15, 0.2) is 17.3 Å². The number of benzene rings is 1. The van der Waals surface area contributed by atoms with Crippen molar-refractivity contribution in [3.63, 3.8) is 0 Å². The molecule has 2 aliphatic carbocycles. The molecule has 0 saturated heterocycles. The van der Waals surface area contributed by atoms with E-state index >= 15 is 4.39 Å². The molecule has 2 atom stereocenters. The van der Waals surface area contributed by atoms with E-state index in [-0.39, 0.29) is 29.0 Å². The van der Waals surface area contributed by atoms with E-state index in [1.54, 1.807) is 16.8 Å². The fourth-order valence-electron chi connectivity index (χ4n) is 4.11. The zero-order valence-corrected chi connectivity index (χ0v) is 17.7. The number of rotatable bonds is 5. The Morgan fingerprint density at radius 3 is 2.73 bits per heavy atom. The maximum absolute atomic E-state index is 15.3. The number of carbonyl (C=O) groups is 1. The van der Waals surface area contributed by atoms with Gasteiger partial charge in [-0.25, -0.2) is 18.2 Å². The Bertz CT molecular complexity index is 1410. The third-order valence-corrected chi connectivity index (χ3v) is 6.47. The number of hydrogen-bond acceptors (Lipinski definition) is 5. The highest BCUT2D eigenvalue weighted by atomic mass is 35.5. The summed E-state index contributed by atoms with van der Waals surface area (Å²) < 4.78 is 43.2. The fraction of sp³-hybridized carbons (Fsp3) is 0.333. The second kappa shape index (κ2) is 7.34. The molecule has 0 aliphatic heterocycles. The summed E-state index contributed by atoms with van der Waals surface area (Å²) in [6, 6.07) is -0.180. The number of alkyl halides is 2. The molecule has 1 aromatic carbocycles. The highest BCUT2D eigenvalue weighted by Gasteiger charge is 2.43. The minimum atomic E-state index is -1.11. The first-order valence-electron chi connectivity index (χ1n) is 10.4. The number of aromatic nitrogens is 5. The SMILES string of the molecule is O=C(Nc1cn2cc(-c3c(Cl)c(F)c(NC4CC(F)C4)c4[nH]ncc34)ncc2n1)[C@@H]1C[C@@H]1F. The lowest BCUT2D eigenvalue weighted by atomic mass is 9.90. The summed E-state index contributed by atoms with van der Waals surface area (Å²) in [5, 5.41) is 12.8. The van der Waals surface area contributed by atoms with E-state index in [0.29, 0.717) is 40.6 Å². The quantitative estimate of drug-likeness (QED) is 0.400. The van der Waals surface area contributed by atoms with Crippen LogP contribution in [-0.2, 0) is 4.79 Å². The van der Waals surface area contributed by atoms with Crippen molar-refractivity contribution in [2.45, 2.75) is 37.6 Å². The third kappa shape index (κ3) is 3.38. The van der Waals surface area contributed by atoms with Crippen LogP contribution in [0.5, 0.6) is 0 Å². The van der Waals surface area contributed by atoms with E-state index in [1.807, 2.05) is 0 Å². The van der Waals surface area contributed by atoms with E-state index < -0.39 is 30.0 Å². The molecule has 4 aromatic rings. The lowest BCUT2D eigenvalue weighted by Crippen LogP contribution is -2.36. The molecule has 1 amide bonds. The first-order valence-corrected chi connectivity index (χ1v) is 10.8. The van der Waals surface area contributed by atoms with Crippen LogP contribution in [0.4, 0.5) is 24.7 Å². The summed E-state index contributed by atoms with van der Waals surface area (Å²) >= 11 is 6.43. The van der Waals surface area contributed by atoms with E-state index in [2.05, 4.69) is 30.8 Å². The maximum atomic E-state index is 15.3. The molecular formula is C21H17ClF3N7O. The van der Waals surface area contributed by atoms with Gasteiger partial charge in [0.05, 0.1) is 46.4 Å². The average Bonchev–Trinajstić information content (AvgIpc) is 3.14. The Labute approximate surface area is 189 Å². The molecule has 33 heavy (non-hydrogen) atoms. The Morgan fingerprint density at radius 2 is 2.00 bits per heavy atom. The summed E-state index contributed by atoms with van der Waals surface area (Å²) in [7, 11) is 0. The number of nitrogens with zero attached hydrogens (tertiary/aromatic N) is 4. The minimum absolute atomic E-state index is 0.146. The number of anilines is 2. The van der Waals surface area contributed by atoms with Crippen LogP contribution in [0.15, 0.2) is 24.8 Å². The number of nitrogens with one attached hydrogen (secondary N) is 3. The van der Waals surface area contributed by atoms with Gasteiger partial charge in [-0.15, -0.1) is 0 Å². The molecule has 0 bridgehead atoms. The lowest BCUT2D eigenvalue weighted by Gasteiger charge is -2.31. The number of carbonyl (C=O) groups excluding carboxylic acids is 1. The summed E-state index contributed by atoms with van der Waals surface area (Å²) in [6.07, 6.45) is 4.98. The second-order valence-electron chi connectivity index (χ2n) is 8.46. The molecule has 8 nitrogen and oxygen atoms in total. The molecule has 3 aromatic heterocycles. The molecule has 12 heteroatoms. The summed E-state index contributed by atoms with van der Waals surface area (Å²) in [4.78, 5) is 20.6. The molecule has 2 saturated carbocycles. The van der Waals surface area contributed by atoms with Crippen molar-refractivity contribution in [2.75, 3.05) is 10.6 Å². The van der Waals surface area contributed by atoms with Gasteiger partial charge < -0.3 is 15.0 Å². The highest BCUT2D eigenvalue weighted by Crippen LogP contribution is 2.42. The average molecular weight is 476 g/mol. The topological polar surface area (TPSA) is 100 Å². The van der Waals surface area contributed by atoms with Crippen molar-refractivity contribution in [1.82, 2.24) is 24.6 Å². The molecular weight excluding hydrogens is 459 g/mol. The number of H-pyrrole nitrogens is 1. The van der Waals surface area contributed by atoms with Crippen molar-refractivity contribution in [3.8, 4) is 11.3 Å². The van der Waals surface area contributed by atoms with E-state index in [1.165, 1.54) is 12.4 Å². The molecule has 6 rings (SSSR count). The summed E-state index contributed by atoms with van der Waals surface area (Å²) in [5.74, 6) is -1.48. The summed E-state index contributed by atoms with van der Waals surface area (Å²) in [5.41, 5.74) is 1.68. The Kier molecular flexibility index (Phi) is 4.51. The molecule has 2 aliphatic rings. The van der Waals surface area contributed by atoms with Crippen LogP contribution in [-0.4, -0.2) is 48.9 Å². The van der Waals surface area contributed by atoms with Crippen molar-refractivity contribution >= 4 is 45.6 Å². The Hall–Kier alpha value is -3.34. The molecule has 170 valence electrons. The van der Waals surface area contributed by atoms with Gasteiger partial charge >= 0.3 is 0 Å². The molecule has 3 heterocycles. The zero-order valence-electron chi connectivity index (χ0n) is 16.9. The van der Waals surface area contributed by atoms with Crippen molar-refractivity contribution in [2.24, 2.45) is 5.92 Å². The van der Waals surface area contributed by atoms with Gasteiger partial charge in [0.1, 0.15) is 12.3 Å². The van der Waals surface area contributed by atoms with Gasteiger partial charge in [0, 0.05) is 23.2 Å². The van der Waals surface area contributed by atoms with Gasteiger partial charge in [-0.1, -0.05) is 11.6 Å². The van der Waals surface area contributed by atoms with Crippen LogP contribution >= 0.6 is 11.6 Å². The largest absolute Gasteiger partial charge is 0.378 e. The minimum Gasteiger partial charge on any atom is -0.378 e. The van der Waals surface area contributed by atoms with Crippen LogP contribution in [0.2, 0.25) is 5.02 Å². The second-order valence-corrected chi connectivity index (χ2v) is 8.84. The number of amides is 1. The number of fused-ring (bicyclic) bond motifs is 2. The first kappa shape index (κ1) is 20.3. The highest BCUT2D eigenvalue weighted by molar-refractivity contribution is 6.35. The van der Waals surface area contributed by atoms with E-state index in [0.717, 1.165) is 0 Å². The Balaban J connectivity index is 1.37. The fourth-order valence-corrected chi connectivity index (χ4v) is 4.41. The molecule has 0 spiro atoms.